The highest BCUT2D eigenvalue weighted by Crippen LogP contribution is 2.24. The summed E-state index contributed by atoms with van der Waals surface area (Å²) < 4.78 is 0. The van der Waals surface area contributed by atoms with E-state index in [0.717, 1.165) is 13.0 Å². The van der Waals surface area contributed by atoms with Gasteiger partial charge in [0, 0.05) is 23.2 Å². The molecule has 1 saturated heterocycles. The van der Waals surface area contributed by atoms with E-state index in [2.05, 4.69) is 6.92 Å². The Morgan fingerprint density at radius 1 is 1.47 bits per heavy atom. The van der Waals surface area contributed by atoms with Crippen LogP contribution in [-0.2, 0) is 0 Å². The Morgan fingerprint density at radius 3 is 2.65 bits per heavy atom. The molecule has 0 radical (unpaired) electrons. The number of amides is 1. The van der Waals surface area contributed by atoms with Crippen molar-refractivity contribution < 1.29 is 4.79 Å². The van der Waals surface area contributed by atoms with Crippen molar-refractivity contribution in [2.45, 2.75) is 19.4 Å². The zero-order valence-corrected chi connectivity index (χ0v) is 10.7. The van der Waals surface area contributed by atoms with Gasteiger partial charge in [-0.2, -0.15) is 0 Å². The molecule has 1 aliphatic rings. The minimum Gasteiger partial charge on any atom is -0.336 e. The average molecular weight is 253 g/mol. The zero-order chi connectivity index (χ0) is 12.4. The minimum atomic E-state index is 0.0742. The van der Waals surface area contributed by atoms with Gasteiger partial charge >= 0.3 is 0 Å². The lowest BCUT2D eigenvalue weighted by atomic mass is 10.1. The second-order valence-corrected chi connectivity index (χ2v) is 5.09. The normalized spacial score (nSPS) is 24.1. The molecule has 1 aromatic rings. The van der Waals surface area contributed by atoms with Crippen molar-refractivity contribution in [2.24, 2.45) is 11.7 Å². The van der Waals surface area contributed by atoms with Crippen LogP contribution in [0.3, 0.4) is 0 Å². The molecule has 1 aromatic carbocycles. The Bertz CT molecular complexity index is 404. The summed E-state index contributed by atoms with van der Waals surface area (Å²) in [7, 11) is 0. The molecule has 2 N–H and O–H groups in total. The van der Waals surface area contributed by atoms with Gasteiger partial charge in [0.25, 0.3) is 5.91 Å². The van der Waals surface area contributed by atoms with E-state index >= 15 is 0 Å². The van der Waals surface area contributed by atoms with Gasteiger partial charge < -0.3 is 10.6 Å². The summed E-state index contributed by atoms with van der Waals surface area (Å²) in [5, 5.41) is 0.649. The molecule has 0 bridgehead atoms. The first-order valence-corrected chi connectivity index (χ1v) is 6.26. The van der Waals surface area contributed by atoms with Gasteiger partial charge in [-0.25, -0.2) is 0 Å². The molecule has 92 valence electrons. The van der Waals surface area contributed by atoms with E-state index in [1.807, 2.05) is 4.90 Å². The van der Waals surface area contributed by atoms with Crippen molar-refractivity contribution in [3.8, 4) is 0 Å². The molecule has 1 amide bonds. The molecule has 3 nitrogen and oxygen atoms in total. The quantitative estimate of drug-likeness (QED) is 0.877. The lowest BCUT2D eigenvalue weighted by Crippen LogP contribution is -2.34. The minimum absolute atomic E-state index is 0.0742. The van der Waals surface area contributed by atoms with Crippen LogP contribution < -0.4 is 5.73 Å². The first-order valence-electron chi connectivity index (χ1n) is 5.88. The van der Waals surface area contributed by atoms with Crippen LogP contribution in [0.4, 0.5) is 0 Å². The fraction of sp³-hybridized carbons (Fsp3) is 0.462. The summed E-state index contributed by atoms with van der Waals surface area (Å²) in [6.45, 7) is 3.48. The van der Waals surface area contributed by atoms with E-state index in [9.17, 15) is 4.79 Å². The smallest absolute Gasteiger partial charge is 0.254 e. The highest BCUT2D eigenvalue weighted by atomic mass is 35.5. The van der Waals surface area contributed by atoms with Crippen LogP contribution in [0.15, 0.2) is 24.3 Å². The Hall–Kier alpha value is -1.06. The molecule has 4 heteroatoms. The molecule has 0 aromatic heterocycles. The molecule has 0 aliphatic carbocycles. The van der Waals surface area contributed by atoms with Crippen molar-refractivity contribution in [3.63, 3.8) is 0 Å². The van der Waals surface area contributed by atoms with Gasteiger partial charge in [-0.15, -0.1) is 0 Å². The standard InChI is InChI=1S/C13H17ClN2O/c1-9-6-10(7-15)8-16(9)13(17)11-2-4-12(14)5-3-11/h2-5,9-10H,6-8,15H2,1H3. The van der Waals surface area contributed by atoms with Gasteiger partial charge in [0.05, 0.1) is 0 Å². The summed E-state index contributed by atoms with van der Waals surface area (Å²) in [6.07, 6.45) is 0.996. The maximum Gasteiger partial charge on any atom is 0.254 e. The lowest BCUT2D eigenvalue weighted by Gasteiger charge is -2.21. The van der Waals surface area contributed by atoms with E-state index in [0.29, 0.717) is 23.0 Å². The van der Waals surface area contributed by atoms with Crippen molar-refractivity contribution in [3.05, 3.63) is 34.9 Å². The van der Waals surface area contributed by atoms with Crippen molar-refractivity contribution in [1.29, 1.82) is 0 Å². The van der Waals surface area contributed by atoms with E-state index < -0.39 is 0 Å². The third kappa shape index (κ3) is 2.61. The molecule has 1 aliphatic heterocycles. The van der Waals surface area contributed by atoms with Crippen molar-refractivity contribution in [1.82, 2.24) is 4.90 Å². The maximum absolute atomic E-state index is 12.3. The third-order valence-corrected chi connectivity index (χ3v) is 3.60. The van der Waals surface area contributed by atoms with Crippen LogP contribution in [0.1, 0.15) is 23.7 Å². The Morgan fingerprint density at radius 2 is 2.12 bits per heavy atom. The van der Waals surface area contributed by atoms with Gasteiger partial charge in [0.15, 0.2) is 0 Å². The van der Waals surface area contributed by atoms with Crippen LogP contribution in [0, 0.1) is 5.92 Å². The Kier molecular flexibility index (Phi) is 3.69. The second kappa shape index (κ2) is 5.07. The molecular formula is C13H17ClN2O. The number of likely N-dealkylation sites (tertiary alicyclic amines) is 1. The first kappa shape index (κ1) is 12.4. The fourth-order valence-corrected chi connectivity index (χ4v) is 2.48. The number of hydrogen-bond acceptors (Lipinski definition) is 2. The van der Waals surface area contributed by atoms with Gasteiger partial charge in [-0.05, 0) is 50.1 Å². The predicted octanol–water partition coefficient (Wildman–Crippen LogP) is 2.15. The zero-order valence-electron chi connectivity index (χ0n) is 9.90. The van der Waals surface area contributed by atoms with E-state index in [4.69, 9.17) is 17.3 Å². The maximum atomic E-state index is 12.3. The molecule has 17 heavy (non-hydrogen) atoms. The molecular weight excluding hydrogens is 236 g/mol. The topological polar surface area (TPSA) is 46.3 Å². The highest BCUT2D eigenvalue weighted by molar-refractivity contribution is 6.30. The largest absolute Gasteiger partial charge is 0.336 e. The van der Waals surface area contributed by atoms with Crippen LogP contribution in [0.5, 0.6) is 0 Å². The van der Waals surface area contributed by atoms with Crippen molar-refractivity contribution in [2.75, 3.05) is 13.1 Å². The SMILES string of the molecule is CC1CC(CN)CN1C(=O)c1ccc(Cl)cc1. The molecule has 2 atom stereocenters. The molecule has 1 heterocycles. The Labute approximate surface area is 107 Å². The summed E-state index contributed by atoms with van der Waals surface area (Å²) in [5.74, 6) is 0.506. The number of carbonyl (C=O) groups excluding carboxylic acids is 1. The van der Waals surface area contributed by atoms with Crippen molar-refractivity contribution >= 4 is 17.5 Å². The molecule has 0 spiro atoms. The van der Waals surface area contributed by atoms with E-state index in [1.54, 1.807) is 24.3 Å². The van der Waals surface area contributed by atoms with E-state index in [1.165, 1.54) is 0 Å². The van der Waals surface area contributed by atoms with Gasteiger partial charge in [-0.1, -0.05) is 11.6 Å². The number of rotatable bonds is 2. The van der Waals surface area contributed by atoms with Gasteiger partial charge in [-0.3, -0.25) is 4.79 Å². The predicted molar refractivity (Wildman–Crippen MR) is 69.1 cm³/mol. The lowest BCUT2D eigenvalue weighted by molar-refractivity contribution is 0.0743. The summed E-state index contributed by atoms with van der Waals surface area (Å²) >= 11 is 5.81. The van der Waals surface area contributed by atoms with E-state index in [-0.39, 0.29) is 11.9 Å². The van der Waals surface area contributed by atoms with Crippen LogP contribution in [-0.4, -0.2) is 29.9 Å². The number of nitrogens with two attached hydrogens (primary N) is 1. The fourth-order valence-electron chi connectivity index (χ4n) is 2.35. The second-order valence-electron chi connectivity index (χ2n) is 4.65. The van der Waals surface area contributed by atoms with Crippen LogP contribution >= 0.6 is 11.6 Å². The number of benzene rings is 1. The van der Waals surface area contributed by atoms with Gasteiger partial charge in [0.1, 0.15) is 0 Å². The average Bonchev–Trinajstić information content (AvgIpc) is 2.71. The van der Waals surface area contributed by atoms with Gasteiger partial charge in [0.2, 0.25) is 0 Å². The summed E-state index contributed by atoms with van der Waals surface area (Å²) in [4.78, 5) is 14.2. The highest BCUT2D eigenvalue weighted by Gasteiger charge is 2.31. The number of nitrogens with zero attached hydrogens (tertiary/aromatic N) is 1. The molecule has 1 fully saturated rings. The number of halogens is 1. The molecule has 2 unspecified atom stereocenters. The van der Waals surface area contributed by atoms with Crippen LogP contribution in [0.25, 0.3) is 0 Å². The monoisotopic (exact) mass is 252 g/mol. The number of carbonyl (C=O) groups is 1. The van der Waals surface area contributed by atoms with Crippen LogP contribution in [0.2, 0.25) is 5.02 Å². The summed E-state index contributed by atoms with van der Waals surface area (Å²) in [6, 6.07) is 7.30. The third-order valence-electron chi connectivity index (χ3n) is 3.35. The number of hydrogen-bond donors (Lipinski definition) is 1. The molecule has 0 saturated carbocycles. The summed E-state index contributed by atoms with van der Waals surface area (Å²) in [5.41, 5.74) is 6.35. The Balaban J connectivity index is 2.12. The first-order chi connectivity index (χ1) is 8.11. The molecule has 2 rings (SSSR count).